The second-order valence-corrected chi connectivity index (χ2v) is 4.45. The molecule has 0 amide bonds. The lowest BCUT2D eigenvalue weighted by atomic mass is 10.2. The summed E-state index contributed by atoms with van der Waals surface area (Å²) >= 11 is 0. The summed E-state index contributed by atoms with van der Waals surface area (Å²) in [6.07, 6.45) is 1.21. The van der Waals surface area contributed by atoms with Crippen LogP contribution in [-0.2, 0) is 7.05 Å². The van der Waals surface area contributed by atoms with Crippen LogP contribution in [0.4, 0.5) is 11.4 Å². The molecule has 1 heterocycles. The lowest BCUT2D eigenvalue weighted by molar-refractivity contribution is -0.385. The van der Waals surface area contributed by atoms with Gasteiger partial charge in [0.25, 0.3) is 0 Å². The molecule has 0 saturated heterocycles. The van der Waals surface area contributed by atoms with Crippen molar-refractivity contribution in [3.8, 4) is 11.8 Å². The SMILES string of the molecule is CN(C)c1ccc(C#Cc2c([N+](=O)[O-])cnn2C)cc1. The van der Waals surface area contributed by atoms with Crippen molar-refractivity contribution in [1.82, 2.24) is 9.78 Å². The first kappa shape index (κ1) is 13.6. The maximum atomic E-state index is 10.8. The maximum Gasteiger partial charge on any atom is 0.322 e. The van der Waals surface area contributed by atoms with Crippen LogP contribution >= 0.6 is 0 Å². The van der Waals surface area contributed by atoms with Crippen molar-refractivity contribution in [2.45, 2.75) is 0 Å². The van der Waals surface area contributed by atoms with Gasteiger partial charge >= 0.3 is 5.69 Å². The van der Waals surface area contributed by atoms with E-state index in [0.29, 0.717) is 5.69 Å². The van der Waals surface area contributed by atoms with E-state index in [9.17, 15) is 10.1 Å². The van der Waals surface area contributed by atoms with Gasteiger partial charge in [-0.3, -0.25) is 14.8 Å². The van der Waals surface area contributed by atoms with Crippen LogP contribution in [0.1, 0.15) is 11.3 Å². The quantitative estimate of drug-likeness (QED) is 0.474. The smallest absolute Gasteiger partial charge is 0.322 e. The molecular weight excluding hydrogens is 256 g/mol. The molecule has 102 valence electrons. The molecule has 2 rings (SSSR count). The molecular formula is C14H14N4O2. The molecule has 0 N–H and O–H groups in total. The van der Waals surface area contributed by atoms with Crippen molar-refractivity contribution in [1.29, 1.82) is 0 Å². The number of benzene rings is 1. The van der Waals surface area contributed by atoms with E-state index in [1.807, 2.05) is 43.3 Å². The first-order valence-corrected chi connectivity index (χ1v) is 5.95. The van der Waals surface area contributed by atoms with Gasteiger partial charge in [0.2, 0.25) is 0 Å². The molecule has 0 aliphatic rings. The van der Waals surface area contributed by atoms with E-state index in [2.05, 4.69) is 16.9 Å². The number of aryl methyl sites for hydroxylation is 1. The number of hydrogen-bond donors (Lipinski definition) is 0. The highest BCUT2D eigenvalue weighted by molar-refractivity contribution is 5.52. The summed E-state index contributed by atoms with van der Waals surface area (Å²) in [6.45, 7) is 0. The molecule has 2 aromatic rings. The fourth-order valence-electron chi connectivity index (χ4n) is 1.68. The molecule has 20 heavy (non-hydrogen) atoms. The Balaban J connectivity index is 2.31. The number of hydrogen-bond acceptors (Lipinski definition) is 4. The van der Waals surface area contributed by atoms with Gasteiger partial charge in [0.1, 0.15) is 6.20 Å². The summed E-state index contributed by atoms with van der Waals surface area (Å²) in [4.78, 5) is 12.4. The summed E-state index contributed by atoms with van der Waals surface area (Å²) < 4.78 is 1.40. The normalized spacial score (nSPS) is 9.75. The molecule has 0 saturated carbocycles. The summed E-state index contributed by atoms with van der Waals surface area (Å²) in [7, 11) is 5.55. The zero-order chi connectivity index (χ0) is 14.7. The summed E-state index contributed by atoms with van der Waals surface area (Å²) in [6, 6.07) is 7.65. The standard InChI is InChI=1S/C14H14N4O2/c1-16(2)12-7-4-11(5-8-12)6-9-13-14(18(19)20)10-15-17(13)3/h4-5,7-8,10H,1-3H3. The van der Waals surface area contributed by atoms with Crippen molar-refractivity contribution in [3.63, 3.8) is 0 Å². The lowest BCUT2D eigenvalue weighted by Gasteiger charge is -2.11. The third-order valence-corrected chi connectivity index (χ3v) is 2.83. The van der Waals surface area contributed by atoms with Crippen molar-refractivity contribution in [3.05, 3.63) is 51.8 Å². The van der Waals surface area contributed by atoms with Crippen LogP contribution in [0.3, 0.4) is 0 Å². The average Bonchev–Trinajstić information content (AvgIpc) is 2.78. The number of aromatic nitrogens is 2. The van der Waals surface area contributed by atoms with Crippen LogP contribution in [0, 0.1) is 22.0 Å². The lowest BCUT2D eigenvalue weighted by Crippen LogP contribution is -2.07. The molecule has 0 radical (unpaired) electrons. The van der Waals surface area contributed by atoms with Crippen molar-refractivity contribution >= 4 is 11.4 Å². The Morgan fingerprint density at radius 1 is 1.25 bits per heavy atom. The second kappa shape index (κ2) is 5.45. The van der Waals surface area contributed by atoms with Crippen LogP contribution in [0.15, 0.2) is 30.5 Å². The topological polar surface area (TPSA) is 64.2 Å². The zero-order valence-corrected chi connectivity index (χ0v) is 11.5. The Hall–Kier alpha value is -2.81. The minimum Gasteiger partial charge on any atom is -0.378 e. The van der Waals surface area contributed by atoms with Crippen molar-refractivity contribution in [2.75, 3.05) is 19.0 Å². The van der Waals surface area contributed by atoms with Crippen LogP contribution in [0.25, 0.3) is 0 Å². The first-order valence-electron chi connectivity index (χ1n) is 5.95. The van der Waals surface area contributed by atoms with Gasteiger partial charge in [-0.25, -0.2) is 0 Å². The highest BCUT2D eigenvalue weighted by Crippen LogP contribution is 2.16. The largest absolute Gasteiger partial charge is 0.378 e. The van der Waals surface area contributed by atoms with Gasteiger partial charge in [-0.05, 0) is 30.2 Å². The van der Waals surface area contributed by atoms with E-state index in [-0.39, 0.29) is 5.69 Å². The molecule has 0 aliphatic carbocycles. The Bertz CT molecular complexity index is 690. The Morgan fingerprint density at radius 2 is 1.90 bits per heavy atom. The van der Waals surface area contributed by atoms with Crippen molar-refractivity contribution < 1.29 is 4.92 Å². The van der Waals surface area contributed by atoms with Crippen molar-refractivity contribution in [2.24, 2.45) is 7.05 Å². The van der Waals surface area contributed by atoms with Gasteiger partial charge < -0.3 is 4.90 Å². The zero-order valence-electron chi connectivity index (χ0n) is 11.5. The Kier molecular flexibility index (Phi) is 3.71. The Labute approximate surface area is 116 Å². The molecule has 0 spiro atoms. The molecule has 6 heteroatoms. The van der Waals surface area contributed by atoms with Crippen LogP contribution in [0.5, 0.6) is 0 Å². The van der Waals surface area contributed by atoms with Gasteiger partial charge in [-0.2, -0.15) is 5.10 Å². The molecule has 6 nitrogen and oxygen atoms in total. The predicted molar refractivity (Wildman–Crippen MR) is 76.6 cm³/mol. The molecule has 0 fully saturated rings. The fourth-order valence-corrected chi connectivity index (χ4v) is 1.68. The third kappa shape index (κ3) is 2.78. The first-order chi connectivity index (χ1) is 9.49. The highest BCUT2D eigenvalue weighted by atomic mass is 16.6. The van der Waals surface area contributed by atoms with E-state index in [4.69, 9.17) is 0 Å². The van der Waals surface area contributed by atoms with Crippen LogP contribution < -0.4 is 4.90 Å². The number of anilines is 1. The summed E-state index contributed by atoms with van der Waals surface area (Å²) in [5, 5.41) is 14.7. The average molecular weight is 270 g/mol. The Morgan fingerprint density at radius 3 is 2.45 bits per heavy atom. The minimum atomic E-state index is -0.480. The number of nitro groups is 1. The number of nitrogens with zero attached hydrogens (tertiary/aromatic N) is 4. The van der Waals surface area contributed by atoms with Gasteiger partial charge in [-0.1, -0.05) is 5.92 Å². The molecule has 0 aliphatic heterocycles. The maximum absolute atomic E-state index is 10.8. The van der Waals surface area contributed by atoms with Gasteiger partial charge in [0.05, 0.1) is 4.92 Å². The monoisotopic (exact) mass is 270 g/mol. The van der Waals surface area contributed by atoms with E-state index >= 15 is 0 Å². The molecule has 0 atom stereocenters. The molecule has 1 aromatic carbocycles. The predicted octanol–water partition coefficient (Wildman–Crippen LogP) is 1.79. The van der Waals surface area contributed by atoms with Crippen LogP contribution in [-0.4, -0.2) is 28.8 Å². The van der Waals surface area contributed by atoms with Gasteiger partial charge in [-0.15, -0.1) is 0 Å². The highest BCUT2D eigenvalue weighted by Gasteiger charge is 2.16. The van der Waals surface area contributed by atoms with E-state index in [0.717, 1.165) is 11.3 Å². The van der Waals surface area contributed by atoms with Gasteiger partial charge in [0.15, 0.2) is 5.69 Å². The molecule has 0 unspecified atom stereocenters. The van der Waals surface area contributed by atoms with E-state index in [1.165, 1.54) is 10.9 Å². The minimum absolute atomic E-state index is 0.0788. The summed E-state index contributed by atoms with van der Waals surface area (Å²) in [5.41, 5.74) is 2.09. The third-order valence-electron chi connectivity index (χ3n) is 2.83. The van der Waals surface area contributed by atoms with Gasteiger partial charge in [0, 0.05) is 32.4 Å². The second-order valence-electron chi connectivity index (χ2n) is 4.45. The fraction of sp³-hybridized carbons (Fsp3) is 0.214. The van der Waals surface area contributed by atoms with Crippen LogP contribution in [0.2, 0.25) is 0 Å². The molecule has 0 bridgehead atoms. The van der Waals surface area contributed by atoms with E-state index in [1.54, 1.807) is 7.05 Å². The summed E-state index contributed by atoms with van der Waals surface area (Å²) in [5.74, 6) is 5.72. The molecule has 1 aromatic heterocycles. The number of rotatable bonds is 2. The van der Waals surface area contributed by atoms with E-state index < -0.39 is 4.92 Å².